The van der Waals surface area contributed by atoms with Crippen LogP contribution >= 0.6 is 0 Å². The molecular formula is C9H12N4O. The maximum Gasteiger partial charge on any atom is 0.119 e. The Morgan fingerprint density at radius 3 is 2.71 bits per heavy atom. The highest BCUT2D eigenvalue weighted by Gasteiger charge is 1.92. The summed E-state index contributed by atoms with van der Waals surface area (Å²) in [7, 11) is 0. The second-order valence-corrected chi connectivity index (χ2v) is 2.73. The van der Waals surface area contributed by atoms with Crippen molar-refractivity contribution in [3.63, 3.8) is 0 Å². The van der Waals surface area contributed by atoms with Crippen molar-refractivity contribution in [3.8, 4) is 5.75 Å². The zero-order valence-electron chi connectivity index (χ0n) is 7.76. The number of ether oxygens (including phenoxy) is 1. The molecule has 0 aromatic heterocycles. The first-order valence-corrected chi connectivity index (χ1v) is 4.32. The molecule has 1 aromatic carbocycles. The first kappa shape index (κ1) is 10.2. The monoisotopic (exact) mass is 192 g/mol. The molecule has 0 fully saturated rings. The highest BCUT2D eigenvalue weighted by Crippen LogP contribution is 2.12. The molecule has 5 nitrogen and oxygen atoms in total. The summed E-state index contributed by atoms with van der Waals surface area (Å²) in [6.07, 6.45) is 0.717. The van der Waals surface area contributed by atoms with Gasteiger partial charge in [-0.2, -0.15) is 0 Å². The summed E-state index contributed by atoms with van der Waals surface area (Å²) in [5.74, 6) is 0.778. The number of nitrogens with zero attached hydrogens (tertiary/aromatic N) is 3. The van der Waals surface area contributed by atoms with Crippen LogP contribution in [-0.4, -0.2) is 13.2 Å². The van der Waals surface area contributed by atoms with Gasteiger partial charge in [0.2, 0.25) is 0 Å². The van der Waals surface area contributed by atoms with E-state index in [4.69, 9.17) is 16.0 Å². The summed E-state index contributed by atoms with van der Waals surface area (Å²) in [4.78, 5) is 2.64. The van der Waals surface area contributed by atoms with Crippen LogP contribution < -0.4 is 10.5 Å². The van der Waals surface area contributed by atoms with Crippen molar-refractivity contribution in [2.45, 2.75) is 6.42 Å². The van der Waals surface area contributed by atoms with E-state index in [9.17, 15) is 0 Å². The van der Waals surface area contributed by atoms with E-state index in [-0.39, 0.29) is 0 Å². The minimum absolute atomic E-state index is 0.464. The summed E-state index contributed by atoms with van der Waals surface area (Å²) in [5.41, 5.74) is 14.2. The molecule has 0 unspecified atom stereocenters. The Hall–Kier alpha value is -1.87. The normalized spacial score (nSPS) is 9.14. The van der Waals surface area contributed by atoms with E-state index in [1.165, 1.54) is 0 Å². The number of hydrogen-bond acceptors (Lipinski definition) is 3. The van der Waals surface area contributed by atoms with E-state index in [0.717, 1.165) is 5.75 Å². The summed E-state index contributed by atoms with van der Waals surface area (Å²) < 4.78 is 5.37. The smallest absolute Gasteiger partial charge is 0.119 e. The van der Waals surface area contributed by atoms with Gasteiger partial charge < -0.3 is 10.5 Å². The molecule has 0 spiro atoms. The molecule has 0 bridgehead atoms. The van der Waals surface area contributed by atoms with Gasteiger partial charge in [0.15, 0.2) is 0 Å². The third-order valence-electron chi connectivity index (χ3n) is 1.61. The standard InChI is InChI=1S/C9H12N4O/c10-8-2-4-9(5-3-8)14-7-1-6-12-13-11/h2-5H,1,6-7,10H2. The van der Waals surface area contributed by atoms with Crippen molar-refractivity contribution in [1.29, 1.82) is 0 Å². The van der Waals surface area contributed by atoms with Crippen LogP contribution in [0.2, 0.25) is 0 Å². The summed E-state index contributed by atoms with van der Waals surface area (Å²) >= 11 is 0. The van der Waals surface area contributed by atoms with Gasteiger partial charge in [-0.05, 0) is 36.2 Å². The first-order valence-electron chi connectivity index (χ1n) is 4.32. The number of hydrogen-bond donors (Lipinski definition) is 1. The Morgan fingerprint density at radius 2 is 2.07 bits per heavy atom. The Labute approximate surface area is 82.1 Å². The maximum absolute atomic E-state index is 8.02. The zero-order valence-corrected chi connectivity index (χ0v) is 7.76. The Bertz CT molecular complexity index is 316. The largest absolute Gasteiger partial charge is 0.494 e. The van der Waals surface area contributed by atoms with Crippen molar-refractivity contribution >= 4 is 5.69 Å². The third kappa shape index (κ3) is 3.69. The number of rotatable bonds is 5. The Kier molecular flexibility index (Phi) is 4.17. The lowest BCUT2D eigenvalue weighted by Crippen LogP contribution is -1.98. The maximum atomic E-state index is 8.02. The van der Waals surface area contributed by atoms with Gasteiger partial charge in [0, 0.05) is 17.1 Å². The fourth-order valence-electron chi connectivity index (χ4n) is 0.934. The van der Waals surface area contributed by atoms with E-state index in [1.807, 2.05) is 12.1 Å². The lowest BCUT2D eigenvalue weighted by atomic mass is 10.3. The van der Waals surface area contributed by atoms with Crippen molar-refractivity contribution in [3.05, 3.63) is 34.7 Å². The predicted molar refractivity (Wildman–Crippen MR) is 55.0 cm³/mol. The highest BCUT2D eigenvalue weighted by atomic mass is 16.5. The molecule has 0 aliphatic carbocycles. The summed E-state index contributed by atoms with van der Waals surface area (Å²) in [5, 5.41) is 3.40. The zero-order chi connectivity index (χ0) is 10.2. The molecule has 74 valence electrons. The van der Waals surface area contributed by atoms with Crippen LogP contribution in [0, 0.1) is 0 Å². The molecular weight excluding hydrogens is 180 g/mol. The predicted octanol–water partition coefficient (Wildman–Crippen LogP) is 2.35. The van der Waals surface area contributed by atoms with Gasteiger partial charge in [0.1, 0.15) is 5.75 Å². The van der Waals surface area contributed by atoms with Crippen LogP contribution in [0.25, 0.3) is 10.4 Å². The third-order valence-corrected chi connectivity index (χ3v) is 1.61. The second kappa shape index (κ2) is 5.72. The van der Waals surface area contributed by atoms with E-state index >= 15 is 0 Å². The average molecular weight is 192 g/mol. The number of benzene rings is 1. The average Bonchev–Trinajstić information content (AvgIpc) is 2.21. The van der Waals surface area contributed by atoms with Crippen LogP contribution in [0.4, 0.5) is 5.69 Å². The number of anilines is 1. The van der Waals surface area contributed by atoms with E-state index in [2.05, 4.69) is 10.0 Å². The molecule has 14 heavy (non-hydrogen) atoms. The van der Waals surface area contributed by atoms with Gasteiger partial charge in [-0.3, -0.25) is 0 Å². The van der Waals surface area contributed by atoms with Crippen LogP contribution in [0.3, 0.4) is 0 Å². The molecule has 2 N–H and O–H groups in total. The van der Waals surface area contributed by atoms with Crippen molar-refractivity contribution < 1.29 is 4.74 Å². The number of nitrogen functional groups attached to an aromatic ring is 1. The van der Waals surface area contributed by atoms with Gasteiger partial charge in [-0.1, -0.05) is 5.11 Å². The van der Waals surface area contributed by atoms with Gasteiger partial charge in [0.05, 0.1) is 6.61 Å². The van der Waals surface area contributed by atoms with Crippen molar-refractivity contribution in [2.75, 3.05) is 18.9 Å². The van der Waals surface area contributed by atoms with Crippen molar-refractivity contribution in [2.24, 2.45) is 5.11 Å². The molecule has 1 aromatic rings. The van der Waals surface area contributed by atoms with Gasteiger partial charge in [-0.15, -0.1) is 0 Å². The summed E-state index contributed by atoms with van der Waals surface area (Å²) in [6, 6.07) is 7.18. The number of nitrogens with two attached hydrogens (primary N) is 1. The van der Waals surface area contributed by atoms with Crippen molar-refractivity contribution in [1.82, 2.24) is 0 Å². The second-order valence-electron chi connectivity index (χ2n) is 2.73. The van der Waals surface area contributed by atoms with Gasteiger partial charge in [-0.25, -0.2) is 0 Å². The first-order chi connectivity index (χ1) is 6.83. The Balaban J connectivity index is 2.24. The highest BCUT2D eigenvalue weighted by molar-refractivity contribution is 5.41. The molecule has 0 aliphatic heterocycles. The molecule has 0 saturated carbocycles. The minimum atomic E-state index is 0.464. The molecule has 0 atom stereocenters. The Morgan fingerprint density at radius 1 is 1.36 bits per heavy atom. The molecule has 0 saturated heterocycles. The molecule has 5 heteroatoms. The molecule has 1 rings (SSSR count). The van der Waals surface area contributed by atoms with Crippen LogP contribution in [0.5, 0.6) is 5.75 Å². The number of azide groups is 1. The fourth-order valence-corrected chi connectivity index (χ4v) is 0.934. The molecule has 0 radical (unpaired) electrons. The molecule has 0 aliphatic rings. The van der Waals surface area contributed by atoms with Gasteiger partial charge in [0.25, 0.3) is 0 Å². The lowest BCUT2D eigenvalue weighted by molar-refractivity contribution is 0.313. The molecule has 0 amide bonds. The van der Waals surface area contributed by atoms with E-state index in [0.29, 0.717) is 25.3 Å². The van der Waals surface area contributed by atoms with Crippen LogP contribution in [0.1, 0.15) is 6.42 Å². The van der Waals surface area contributed by atoms with Crippen LogP contribution in [-0.2, 0) is 0 Å². The molecule has 0 heterocycles. The lowest BCUT2D eigenvalue weighted by Gasteiger charge is -2.04. The quantitative estimate of drug-likeness (QED) is 0.255. The summed E-state index contributed by atoms with van der Waals surface area (Å²) in [6.45, 7) is 1.01. The van der Waals surface area contributed by atoms with Gasteiger partial charge >= 0.3 is 0 Å². The van der Waals surface area contributed by atoms with E-state index < -0.39 is 0 Å². The minimum Gasteiger partial charge on any atom is -0.494 e. The topological polar surface area (TPSA) is 84.0 Å². The fraction of sp³-hybridized carbons (Fsp3) is 0.333. The SMILES string of the molecule is [N-]=[N+]=NCCCOc1ccc(N)cc1. The van der Waals surface area contributed by atoms with E-state index in [1.54, 1.807) is 12.1 Å². The van der Waals surface area contributed by atoms with Crippen LogP contribution in [0.15, 0.2) is 29.4 Å².